The number of rotatable bonds is 45. The smallest absolute Gasteiger partial charge is 0.276 e. The van der Waals surface area contributed by atoms with Crippen molar-refractivity contribution in [2.75, 3.05) is 123 Å². The Morgan fingerprint density at radius 2 is 1.00 bits per heavy atom. The number of anilines is 2. The standard InChI is InChI=1S/C65H87N17O18/c1-8-81-48(33-40(3)76-81)62(91)74-64-72-46-35-44(58(66)87)37-50(93-7)56(46)79(64)17-10-11-18-80-57-47(73-65(80)75-63(92)49-34-41(4)77-82(49)9-2)36-45(59(67)88)38-51(57)100-20-12-16-68-60(89)42(5)71-61(90)43(6)70-53(84)39-69-52(83)15-21-94-23-25-96-27-29-98-31-32-99-30-28-97-26-24-95-22-19-78-54(85)13-14-55(78)86/h10-11,13-14,33-38,42-43H,8-9,12,15-32,39H2,1-7H3,(H2,66,87)(H2,67,88)(H,68,89)(H,69,83)(H,70,84)(H,71,90)(H,72,74,91)(H,73,75,92)/b11-10+/t42-,43-/m0/s1. The number of hydrogen-bond acceptors (Lipinski definition) is 22. The molecule has 10 N–H and O–H groups in total. The Labute approximate surface area is 575 Å². The molecule has 0 saturated carbocycles. The fourth-order valence-corrected chi connectivity index (χ4v) is 10.0. The normalized spacial score (nSPS) is 12.7. The van der Waals surface area contributed by atoms with Crippen LogP contribution in [0.15, 0.2) is 60.7 Å². The summed E-state index contributed by atoms with van der Waals surface area (Å²) in [5, 5.41) is 24.9. The summed E-state index contributed by atoms with van der Waals surface area (Å²) in [6.07, 6.45) is 6.18. The van der Waals surface area contributed by atoms with Crippen LogP contribution in [-0.4, -0.2) is 227 Å². The number of carbonyl (C=O) groups is 10. The lowest BCUT2D eigenvalue weighted by Gasteiger charge is -2.18. The fourth-order valence-electron chi connectivity index (χ4n) is 10.0. The number of hydrogen-bond donors (Lipinski definition) is 8. The van der Waals surface area contributed by atoms with Crippen LogP contribution in [0.3, 0.4) is 0 Å². The van der Waals surface area contributed by atoms with Crippen molar-refractivity contribution in [2.45, 2.75) is 92.6 Å². The van der Waals surface area contributed by atoms with Gasteiger partial charge in [-0.1, -0.05) is 12.2 Å². The van der Waals surface area contributed by atoms with Crippen LogP contribution in [0.1, 0.15) is 93.6 Å². The topological polar surface area (TPSA) is 443 Å². The minimum Gasteiger partial charge on any atom is -0.494 e. The highest BCUT2D eigenvalue weighted by atomic mass is 16.6. The zero-order chi connectivity index (χ0) is 72.3. The molecule has 6 aromatic rings. The third kappa shape index (κ3) is 22.3. The molecule has 0 fully saturated rings. The summed E-state index contributed by atoms with van der Waals surface area (Å²) in [6.45, 7) is 14.4. The van der Waals surface area contributed by atoms with Gasteiger partial charge in [0.05, 0.1) is 129 Å². The Morgan fingerprint density at radius 1 is 0.550 bits per heavy atom. The van der Waals surface area contributed by atoms with Gasteiger partial charge in [0.1, 0.15) is 46.0 Å². The predicted octanol–water partition coefficient (Wildman–Crippen LogP) is 0.828. The van der Waals surface area contributed by atoms with Crippen LogP contribution in [0.2, 0.25) is 0 Å². The molecule has 0 spiro atoms. The van der Waals surface area contributed by atoms with Crippen LogP contribution < -0.4 is 52.8 Å². The largest absolute Gasteiger partial charge is 0.494 e. The first-order valence-electron chi connectivity index (χ1n) is 32.5. The van der Waals surface area contributed by atoms with E-state index in [0.29, 0.717) is 99.6 Å². The zero-order valence-electron chi connectivity index (χ0n) is 57.0. The maximum Gasteiger partial charge on any atom is 0.276 e. The number of allylic oxidation sites excluding steroid dienone is 2. The molecular weight excluding hydrogens is 1310 g/mol. The third-order valence-electron chi connectivity index (χ3n) is 15.0. The average molecular weight is 1390 g/mol. The molecule has 0 saturated heterocycles. The first-order chi connectivity index (χ1) is 48.1. The van der Waals surface area contributed by atoms with Crippen LogP contribution in [0.5, 0.6) is 11.5 Å². The lowest BCUT2D eigenvalue weighted by molar-refractivity contribution is -0.137. The van der Waals surface area contributed by atoms with E-state index in [4.69, 9.17) is 54.3 Å². The maximum absolute atomic E-state index is 14.0. The van der Waals surface area contributed by atoms with Gasteiger partial charge in [0.25, 0.3) is 23.6 Å². The number of carbonyl (C=O) groups excluding carboxylic acids is 10. The first-order valence-corrected chi connectivity index (χ1v) is 32.5. The van der Waals surface area contributed by atoms with Gasteiger partial charge >= 0.3 is 0 Å². The second-order valence-corrected chi connectivity index (χ2v) is 22.4. The van der Waals surface area contributed by atoms with Crippen molar-refractivity contribution < 1.29 is 85.8 Å². The molecule has 1 aliphatic heterocycles. The number of nitrogens with one attached hydrogen (secondary N) is 6. The molecule has 0 bridgehead atoms. The van der Waals surface area contributed by atoms with Crippen molar-refractivity contribution in [1.82, 2.24) is 64.8 Å². The quantitative estimate of drug-likeness (QED) is 0.0149. The van der Waals surface area contributed by atoms with Crippen molar-refractivity contribution in [3.05, 3.63) is 94.6 Å². The number of aromatic nitrogens is 8. The summed E-state index contributed by atoms with van der Waals surface area (Å²) in [4.78, 5) is 138. The molecule has 2 aromatic carbocycles. The highest BCUT2D eigenvalue weighted by Gasteiger charge is 2.27. The van der Waals surface area contributed by atoms with Crippen molar-refractivity contribution in [1.29, 1.82) is 0 Å². The van der Waals surface area contributed by atoms with E-state index in [2.05, 4.69) is 47.1 Å². The second-order valence-electron chi connectivity index (χ2n) is 22.4. The predicted molar refractivity (Wildman–Crippen MR) is 360 cm³/mol. The summed E-state index contributed by atoms with van der Waals surface area (Å²) in [6, 6.07) is 7.04. The van der Waals surface area contributed by atoms with Crippen molar-refractivity contribution in [3.8, 4) is 11.5 Å². The Balaban J connectivity index is 0.840. The van der Waals surface area contributed by atoms with Gasteiger partial charge in [-0.25, -0.2) is 9.97 Å². The van der Waals surface area contributed by atoms with E-state index in [-0.39, 0.29) is 130 Å². The van der Waals surface area contributed by atoms with Crippen LogP contribution in [-0.2, 0) is 83.4 Å². The number of fused-ring (bicyclic) bond motifs is 2. The Morgan fingerprint density at radius 3 is 1.47 bits per heavy atom. The highest BCUT2D eigenvalue weighted by molar-refractivity contribution is 6.13. The van der Waals surface area contributed by atoms with Gasteiger partial charge < -0.3 is 79.8 Å². The minimum atomic E-state index is -1.08. The highest BCUT2D eigenvalue weighted by Crippen LogP contribution is 2.33. The summed E-state index contributed by atoms with van der Waals surface area (Å²) < 4.78 is 51.1. The number of benzene rings is 2. The number of nitrogens with zero attached hydrogens (tertiary/aromatic N) is 9. The lowest BCUT2D eigenvalue weighted by atomic mass is 10.1. The monoisotopic (exact) mass is 1390 g/mol. The number of ether oxygens (including phenoxy) is 8. The molecule has 7 rings (SSSR count). The number of imide groups is 1. The van der Waals surface area contributed by atoms with Crippen molar-refractivity contribution in [2.24, 2.45) is 11.5 Å². The van der Waals surface area contributed by atoms with Crippen LogP contribution in [0.25, 0.3) is 22.1 Å². The van der Waals surface area contributed by atoms with Crippen LogP contribution in [0, 0.1) is 13.8 Å². The summed E-state index contributed by atoms with van der Waals surface area (Å²) >= 11 is 0. The van der Waals surface area contributed by atoms with E-state index < -0.39 is 65.9 Å². The molecule has 10 amide bonds. The first kappa shape index (κ1) is 76.9. The van der Waals surface area contributed by atoms with Gasteiger partial charge in [0.2, 0.25) is 47.3 Å². The Bertz CT molecular complexity index is 3930. The van der Waals surface area contributed by atoms with Gasteiger partial charge in [-0.15, -0.1) is 0 Å². The number of aryl methyl sites for hydroxylation is 4. The summed E-state index contributed by atoms with van der Waals surface area (Å²) in [5.74, 6) is -4.93. The number of primary amides is 2. The number of imidazole rings is 2. The van der Waals surface area contributed by atoms with E-state index in [1.54, 1.807) is 56.6 Å². The average Bonchev–Trinajstić information content (AvgIpc) is 1.62. The van der Waals surface area contributed by atoms with Crippen LogP contribution in [0.4, 0.5) is 11.9 Å². The molecule has 5 heterocycles. The van der Waals surface area contributed by atoms with Gasteiger partial charge in [-0.3, -0.25) is 72.8 Å². The molecule has 100 heavy (non-hydrogen) atoms. The molecule has 540 valence electrons. The minimum absolute atomic E-state index is 0.0228. The van der Waals surface area contributed by atoms with Crippen molar-refractivity contribution in [3.63, 3.8) is 0 Å². The molecule has 35 heteroatoms. The molecule has 2 atom stereocenters. The van der Waals surface area contributed by atoms with Crippen molar-refractivity contribution >= 4 is 93.0 Å². The molecular formula is C65H87N17O18. The molecule has 35 nitrogen and oxygen atoms in total. The van der Waals surface area contributed by atoms with E-state index >= 15 is 0 Å². The molecule has 0 aliphatic carbocycles. The second kappa shape index (κ2) is 38.6. The third-order valence-corrected chi connectivity index (χ3v) is 15.0. The molecule has 1 aliphatic rings. The van der Waals surface area contributed by atoms with E-state index in [1.807, 2.05) is 13.8 Å². The number of methoxy groups -OCH3 is 1. The summed E-state index contributed by atoms with van der Waals surface area (Å²) in [5.41, 5.74) is 14.8. The lowest BCUT2D eigenvalue weighted by Crippen LogP contribution is -2.52. The van der Waals surface area contributed by atoms with Gasteiger partial charge in [0.15, 0.2) is 0 Å². The van der Waals surface area contributed by atoms with Gasteiger partial charge in [0, 0.05) is 62.4 Å². The SMILES string of the molecule is CCn1nc(C)cc1C(=O)Nc1nc2cc(C(N)=O)cc(OC)c2n1C/C=C/Cn1c(NC(=O)c2cc(C)nn2CC)nc2cc(C(N)=O)cc(OCCCNC(=O)[C@H](C)NC(=O)[C@H](C)NC(=O)CNC(=O)CCOCCOCCOCCOCCOCCOCCN3C(=O)C=CC3=O)c21. The zero-order valence-corrected chi connectivity index (χ0v) is 57.0. The van der Waals surface area contributed by atoms with Gasteiger partial charge in [-0.2, -0.15) is 10.2 Å². The Hall–Kier alpha value is -10.5. The summed E-state index contributed by atoms with van der Waals surface area (Å²) in [7, 11) is 1.42. The van der Waals surface area contributed by atoms with E-state index in [0.717, 1.165) is 4.90 Å². The van der Waals surface area contributed by atoms with Crippen LogP contribution >= 0.6 is 0 Å². The fraction of sp³-hybridized carbons (Fsp3) is 0.477. The number of nitrogens with two attached hydrogens (primary N) is 2. The molecule has 0 unspecified atom stereocenters. The van der Waals surface area contributed by atoms with E-state index in [1.165, 1.54) is 57.4 Å². The van der Waals surface area contributed by atoms with E-state index in [9.17, 15) is 47.9 Å². The van der Waals surface area contributed by atoms with Gasteiger partial charge in [-0.05, 0) is 84.4 Å². The Kier molecular flexibility index (Phi) is 29.7. The maximum atomic E-state index is 14.0. The molecule has 0 radical (unpaired) electrons. The number of amides is 10. The molecule has 4 aromatic heterocycles.